The van der Waals surface area contributed by atoms with Crippen LogP contribution in [-0.2, 0) is 6.42 Å². The van der Waals surface area contributed by atoms with E-state index in [-0.39, 0.29) is 11.9 Å². The van der Waals surface area contributed by atoms with Crippen LogP contribution in [0.4, 0.5) is 17.3 Å². The molecule has 3 N–H and O–H groups in total. The van der Waals surface area contributed by atoms with E-state index in [1.165, 1.54) is 0 Å². The molecule has 0 fully saturated rings. The first kappa shape index (κ1) is 20.9. The number of benzene rings is 1. The molecular formula is C24H30N6O. The number of rotatable bonds is 6. The normalized spacial score (nSPS) is 21.5. The van der Waals surface area contributed by atoms with Gasteiger partial charge in [0.05, 0.1) is 6.17 Å². The molecule has 1 unspecified atom stereocenters. The highest BCUT2D eigenvalue weighted by molar-refractivity contribution is 5.84. The van der Waals surface area contributed by atoms with Crippen LogP contribution in [-0.4, -0.2) is 40.0 Å². The van der Waals surface area contributed by atoms with E-state index in [0.29, 0.717) is 6.04 Å². The van der Waals surface area contributed by atoms with Gasteiger partial charge in [-0.2, -0.15) is 0 Å². The van der Waals surface area contributed by atoms with Crippen molar-refractivity contribution in [3.63, 3.8) is 0 Å². The van der Waals surface area contributed by atoms with Crippen LogP contribution in [0.5, 0.6) is 5.75 Å². The van der Waals surface area contributed by atoms with E-state index in [1.54, 1.807) is 18.3 Å². The monoisotopic (exact) mass is 418 g/mol. The van der Waals surface area contributed by atoms with Crippen LogP contribution in [0.15, 0.2) is 47.6 Å². The summed E-state index contributed by atoms with van der Waals surface area (Å²) in [5.74, 6) is 2.82. The number of anilines is 3. The Kier molecular flexibility index (Phi) is 6.21. The summed E-state index contributed by atoms with van der Waals surface area (Å²) in [6.07, 6.45) is 10.4. The Morgan fingerprint density at radius 1 is 1.23 bits per heavy atom. The number of hydrogen-bond donors (Lipinski definition) is 3. The second kappa shape index (κ2) is 9.20. The molecule has 3 heterocycles. The molecule has 0 saturated carbocycles. The van der Waals surface area contributed by atoms with E-state index in [4.69, 9.17) is 9.97 Å². The zero-order chi connectivity index (χ0) is 21.8. The summed E-state index contributed by atoms with van der Waals surface area (Å²) in [5, 5.41) is 16.6. The molecule has 1 atom stereocenters. The van der Waals surface area contributed by atoms with Crippen LogP contribution >= 0.6 is 0 Å². The lowest BCUT2D eigenvalue weighted by atomic mass is 10.1. The topological polar surface area (TPSA) is 85.7 Å². The molecule has 0 bridgehead atoms. The van der Waals surface area contributed by atoms with E-state index in [2.05, 4.69) is 47.4 Å². The highest BCUT2D eigenvalue weighted by Crippen LogP contribution is 2.40. The molecule has 0 radical (unpaired) electrons. The lowest BCUT2D eigenvalue weighted by Gasteiger charge is -2.27. The summed E-state index contributed by atoms with van der Waals surface area (Å²) in [6, 6.07) is 7.64. The molecule has 162 valence electrons. The maximum Gasteiger partial charge on any atom is 0.160 e. The van der Waals surface area contributed by atoms with E-state index >= 15 is 0 Å². The Hall–Kier alpha value is -3.35. The molecule has 2 aliphatic rings. The van der Waals surface area contributed by atoms with Crippen molar-refractivity contribution in [2.24, 2.45) is 4.99 Å². The predicted octanol–water partition coefficient (Wildman–Crippen LogP) is 4.58. The largest absolute Gasteiger partial charge is 0.508 e. The molecule has 4 rings (SSSR count). The first-order chi connectivity index (χ1) is 15.0. The average molecular weight is 419 g/mol. The van der Waals surface area contributed by atoms with Crippen molar-refractivity contribution in [2.75, 3.05) is 22.1 Å². The lowest BCUT2D eigenvalue weighted by Crippen LogP contribution is -2.38. The van der Waals surface area contributed by atoms with E-state index in [0.717, 1.165) is 60.1 Å². The number of phenolic OH excluding ortho intramolecular Hbond substituents is 1. The van der Waals surface area contributed by atoms with E-state index in [9.17, 15) is 5.11 Å². The number of aromatic nitrogens is 2. The van der Waals surface area contributed by atoms with Gasteiger partial charge in [-0.15, -0.1) is 0 Å². The van der Waals surface area contributed by atoms with Crippen molar-refractivity contribution < 1.29 is 5.11 Å². The van der Waals surface area contributed by atoms with Crippen LogP contribution in [0.3, 0.4) is 0 Å². The van der Waals surface area contributed by atoms with Crippen LogP contribution < -0.4 is 15.5 Å². The molecule has 2 aromatic rings. The van der Waals surface area contributed by atoms with Gasteiger partial charge in [0, 0.05) is 25.0 Å². The third-order valence-electron chi connectivity index (χ3n) is 5.51. The summed E-state index contributed by atoms with van der Waals surface area (Å²) < 4.78 is 0. The Labute approximate surface area is 183 Å². The number of hydrogen-bond acceptors (Lipinski definition) is 7. The molecule has 2 aliphatic heterocycles. The van der Waals surface area contributed by atoms with Crippen molar-refractivity contribution >= 4 is 29.1 Å². The summed E-state index contributed by atoms with van der Waals surface area (Å²) in [5.41, 5.74) is 3.22. The van der Waals surface area contributed by atoms with Gasteiger partial charge in [0.2, 0.25) is 0 Å². The molecule has 1 aromatic carbocycles. The fourth-order valence-electron chi connectivity index (χ4n) is 4.02. The van der Waals surface area contributed by atoms with Gasteiger partial charge in [0.1, 0.15) is 11.4 Å². The van der Waals surface area contributed by atoms with Crippen molar-refractivity contribution in [1.82, 2.24) is 9.97 Å². The van der Waals surface area contributed by atoms with E-state index in [1.807, 2.05) is 24.4 Å². The molecular weight excluding hydrogens is 388 g/mol. The Morgan fingerprint density at radius 2 is 2.03 bits per heavy atom. The molecule has 7 nitrogen and oxygen atoms in total. The Bertz CT molecular complexity index is 1010. The molecule has 0 amide bonds. The molecule has 0 aliphatic carbocycles. The second-order valence-corrected chi connectivity index (χ2v) is 8.16. The SMILES string of the molecule is CC(C)N1c2nc(/C3=C/C=C\N=C/CC3)nc(NCCc3ccc(O)cc3)c2NC1C. The number of fused-ring (bicyclic) bond motifs is 1. The van der Waals surface area contributed by atoms with Gasteiger partial charge in [-0.25, -0.2) is 9.97 Å². The predicted molar refractivity (Wildman–Crippen MR) is 128 cm³/mol. The number of allylic oxidation sites excluding steroid dienone is 3. The minimum absolute atomic E-state index is 0.149. The first-order valence-electron chi connectivity index (χ1n) is 10.9. The van der Waals surface area contributed by atoms with Gasteiger partial charge >= 0.3 is 0 Å². The lowest BCUT2D eigenvalue weighted by molar-refractivity contribution is 0.475. The molecule has 0 saturated heterocycles. The van der Waals surface area contributed by atoms with Gasteiger partial charge < -0.3 is 20.6 Å². The van der Waals surface area contributed by atoms with Crippen molar-refractivity contribution in [3.8, 4) is 5.75 Å². The maximum atomic E-state index is 9.49. The standard InChI is InChI=1S/C24H30N6O/c1-16(2)30-17(3)27-21-23(26-15-12-18-8-10-20(31)11-9-18)28-22(29-24(21)30)19-6-4-13-25-14-5-7-19/h4,6,8-11,13-14,16-17,27,31H,5,7,12,15H2,1-3H3,(H,26,28,29)/b13-4-,19-6+,25-14-. The minimum Gasteiger partial charge on any atom is -0.508 e. The van der Waals surface area contributed by atoms with Crippen LogP contribution in [0.2, 0.25) is 0 Å². The number of aromatic hydroxyl groups is 1. The van der Waals surface area contributed by atoms with Crippen LogP contribution in [0.25, 0.3) is 5.57 Å². The Balaban J connectivity index is 1.64. The van der Waals surface area contributed by atoms with E-state index < -0.39 is 0 Å². The number of nitrogens with zero attached hydrogens (tertiary/aromatic N) is 4. The zero-order valence-corrected chi connectivity index (χ0v) is 18.3. The highest BCUT2D eigenvalue weighted by Gasteiger charge is 2.32. The van der Waals surface area contributed by atoms with Gasteiger partial charge in [-0.3, -0.25) is 4.99 Å². The number of nitrogens with one attached hydrogen (secondary N) is 2. The third-order valence-corrected chi connectivity index (χ3v) is 5.51. The molecule has 0 spiro atoms. The van der Waals surface area contributed by atoms with Gasteiger partial charge in [0.25, 0.3) is 0 Å². The summed E-state index contributed by atoms with van der Waals surface area (Å²) >= 11 is 0. The Morgan fingerprint density at radius 3 is 2.81 bits per heavy atom. The molecule has 7 heteroatoms. The van der Waals surface area contributed by atoms with Crippen LogP contribution in [0.1, 0.15) is 45.0 Å². The minimum atomic E-state index is 0.149. The summed E-state index contributed by atoms with van der Waals surface area (Å²) in [7, 11) is 0. The van der Waals surface area contributed by atoms with Gasteiger partial charge in [-0.05, 0) is 69.4 Å². The fourth-order valence-corrected chi connectivity index (χ4v) is 4.02. The zero-order valence-electron chi connectivity index (χ0n) is 18.3. The fraction of sp³-hybridized carbons (Fsp3) is 0.375. The van der Waals surface area contributed by atoms with Gasteiger partial charge in [0.15, 0.2) is 17.5 Å². The van der Waals surface area contributed by atoms with Crippen molar-refractivity contribution in [2.45, 2.75) is 52.2 Å². The third kappa shape index (κ3) is 4.71. The van der Waals surface area contributed by atoms with Crippen LogP contribution in [0, 0.1) is 0 Å². The number of aliphatic imine (C=N–C) groups is 1. The number of phenols is 1. The van der Waals surface area contributed by atoms with Crippen molar-refractivity contribution in [1.29, 1.82) is 0 Å². The summed E-state index contributed by atoms with van der Waals surface area (Å²) in [6.45, 7) is 7.25. The molecule has 31 heavy (non-hydrogen) atoms. The average Bonchev–Trinajstić information content (AvgIpc) is 3.05. The maximum absolute atomic E-state index is 9.49. The second-order valence-electron chi connectivity index (χ2n) is 8.16. The van der Waals surface area contributed by atoms with Gasteiger partial charge in [-0.1, -0.05) is 18.2 Å². The van der Waals surface area contributed by atoms with Crippen molar-refractivity contribution in [3.05, 3.63) is 54.0 Å². The summed E-state index contributed by atoms with van der Waals surface area (Å²) in [4.78, 5) is 16.4. The quantitative estimate of drug-likeness (QED) is 0.636. The highest BCUT2D eigenvalue weighted by atomic mass is 16.3. The smallest absolute Gasteiger partial charge is 0.160 e. The first-order valence-corrected chi connectivity index (χ1v) is 10.9. The molecule has 1 aromatic heterocycles.